The molecule has 0 aliphatic carbocycles. The smallest absolute Gasteiger partial charge is 0.223 e. The van der Waals surface area contributed by atoms with Crippen molar-refractivity contribution in [2.45, 2.75) is 13.0 Å². The summed E-state index contributed by atoms with van der Waals surface area (Å²) in [6, 6.07) is 8.17. The van der Waals surface area contributed by atoms with Crippen LogP contribution in [0.1, 0.15) is 18.5 Å². The first-order valence-corrected chi connectivity index (χ1v) is 6.32. The molecule has 0 fully saturated rings. The molecule has 0 aliphatic rings. The van der Waals surface area contributed by atoms with E-state index in [0.717, 1.165) is 10.0 Å². The zero-order valence-corrected chi connectivity index (χ0v) is 11.5. The van der Waals surface area contributed by atoms with Gasteiger partial charge in [-0.3, -0.25) is 0 Å². The normalized spacial score (nSPS) is 12.2. The van der Waals surface area contributed by atoms with Crippen LogP contribution < -0.4 is 5.32 Å². The lowest BCUT2D eigenvalue weighted by molar-refractivity contribution is 0.855. The summed E-state index contributed by atoms with van der Waals surface area (Å²) in [4.78, 5) is 8.21. The summed E-state index contributed by atoms with van der Waals surface area (Å²) in [5.74, 6) is 0.567. The Bertz CT molecular complexity index is 501. The molecule has 2 aromatic rings. The molecule has 0 aliphatic heterocycles. The van der Waals surface area contributed by atoms with E-state index in [9.17, 15) is 0 Å². The average molecular weight is 313 g/mol. The van der Waals surface area contributed by atoms with E-state index < -0.39 is 0 Å². The highest BCUT2D eigenvalue weighted by Gasteiger charge is 2.09. The molecule has 0 bridgehead atoms. The molecule has 1 N–H and O–H groups in total. The predicted molar refractivity (Wildman–Crippen MR) is 73.2 cm³/mol. The Kier molecular flexibility index (Phi) is 3.97. The van der Waals surface area contributed by atoms with Crippen LogP contribution in [-0.2, 0) is 0 Å². The van der Waals surface area contributed by atoms with Gasteiger partial charge < -0.3 is 5.32 Å². The van der Waals surface area contributed by atoms with Crippen LogP contribution in [0.2, 0.25) is 5.02 Å². The minimum atomic E-state index is 0.117. The van der Waals surface area contributed by atoms with Crippen LogP contribution in [0.25, 0.3) is 0 Å². The first kappa shape index (κ1) is 12.3. The van der Waals surface area contributed by atoms with Crippen molar-refractivity contribution in [3.8, 4) is 0 Å². The molecular weight excluding hydrogens is 302 g/mol. The lowest BCUT2D eigenvalue weighted by atomic mass is 10.1. The number of anilines is 1. The summed E-state index contributed by atoms with van der Waals surface area (Å²) in [5.41, 5.74) is 1.16. The van der Waals surface area contributed by atoms with Crippen LogP contribution in [0.5, 0.6) is 0 Å². The van der Waals surface area contributed by atoms with Gasteiger partial charge in [0.15, 0.2) is 0 Å². The molecule has 0 unspecified atom stereocenters. The lowest BCUT2D eigenvalue weighted by Crippen LogP contribution is -2.09. The highest BCUT2D eigenvalue weighted by molar-refractivity contribution is 9.10. The van der Waals surface area contributed by atoms with Gasteiger partial charge in [0, 0.05) is 4.47 Å². The molecule has 1 atom stereocenters. The van der Waals surface area contributed by atoms with E-state index in [-0.39, 0.29) is 6.04 Å². The number of benzene rings is 1. The van der Waals surface area contributed by atoms with E-state index in [2.05, 4.69) is 44.2 Å². The fourth-order valence-corrected chi connectivity index (χ4v) is 2.21. The maximum atomic E-state index is 5.73. The summed E-state index contributed by atoms with van der Waals surface area (Å²) in [7, 11) is 0. The van der Waals surface area contributed by atoms with E-state index in [1.54, 1.807) is 12.4 Å². The van der Waals surface area contributed by atoms with Crippen LogP contribution in [0, 0.1) is 0 Å². The van der Waals surface area contributed by atoms with Gasteiger partial charge in [0.2, 0.25) is 5.95 Å². The maximum absolute atomic E-state index is 5.73. The number of halogens is 2. The van der Waals surface area contributed by atoms with Crippen LogP contribution in [0.15, 0.2) is 41.1 Å². The third-order valence-electron chi connectivity index (χ3n) is 2.34. The van der Waals surface area contributed by atoms with Gasteiger partial charge in [-0.25, -0.2) is 9.97 Å². The lowest BCUT2D eigenvalue weighted by Gasteiger charge is -2.15. The molecule has 1 aromatic heterocycles. The molecule has 3 nitrogen and oxygen atoms in total. The van der Waals surface area contributed by atoms with Crippen LogP contribution >= 0.6 is 27.5 Å². The first-order valence-electron chi connectivity index (χ1n) is 5.15. The summed E-state index contributed by atoms with van der Waals surface area (Å²) in [5, 5.41) is 3.75. The third kappa shape index (κ3) is 3.17. The quantitative estimate of drug-likeness (QED) is 0.928. The topological polar surface area (TPSA) is 37.8 Å². The molecule has 88 valence electrons. The molecule has 0 saturated heterocycles. The zero-order valence-electron chi connectivity index (χ0n) is 9.19. The van der Waals surface area contributed by atoms with Gasteiger partial charge >= 0.3 is 0 Å². The second kappa shape index (κ2) is 5.47. The summed E-state index contributed by atoms with van der Waals surface area (Å²) >= 11 is 9.25. The molecule has 5 heteroatoms. The molecular formula is C12H11BrClN3. The Morgan fingerprint density at radius 2 is 1.88 bits per heavy atom. The molecule has 0 radical (unpaired) electrons. The van der Waals surface area contributed by atoms with Crippen molar-refractivity contribution in [1.82, 2.24) is 9.97 Å². The van der Waals surface area contributed by atoms with E-state index >= 15 is 0 Å². The standard InChI is InChI=1S/C12H11BrClN3/c1-8(10-4-2-3-5-11(10)13)17-12-15-6-9(14)7-16-12/h2-8H,1H3,(H,15,16,17)/t8-/m1/s1. The number of nitrogens with one attached hydrogen (secondary N) is 1. The average Bonchev–Trinajstić information content (AvgIpc) is 2.32. The Hall–Kier alpha value is -1.13. The Morgan fingerprint density at radius 1 is 1.24 bits per heavy atom. The first-order chi connectivity index (χ1) is 8.16. The maximum Gasteiger partial charge on any atom is 0.223 e. The summed E-state index contributed by atoms with van der Waals surface area (Å²) in [6.45, 7) is 2.05. The Morgan fingerprint density at radius 3 is 2.53 bits per heavy atom. The largest absolute Gasteiger partial charge is 0.348 e. The van der Waals surface area contributed by atoms with Crippen molar-refractivity contribution in [1.29, 1.82) is 0 Å². The van der Waals surface area contributed by atoms with Gasteiger partial charge in [0.05, 0.1) is 23.5 Å². The molecule has 1 heterocycles. The van der Waals surface area contributed by atoms with Crippen molar-refractivity contribution < 1.29 is 0 Å². The Balaban J connectivity index is 2.14. The van der Waals surface area contributed by atoms with Crippen LogP contribution in [-0.4, -0.2) is 9.97 Å². The Labute approximate surface area is 113 Å². The van der Waals surface area contributed by atoms with Gasteiger partial charge in [-0.2, -0.15) is 0 Å². The van der Waals surface area contributed by atoms with Crippen molar-refractivity contribution in [3.05, 3.63) is 51.7 Å². The van der Waals surface area contributed by atoms with E-state index in [0.29, 0.717) is 11.0 Å². The minimum Gasteiger partial charge on any atom is -0.348 e. The fraction of sp³-hybridized carbons (Fsp3) is 0.167. The molecule has 0 amide bonds. The minimum absolute atomic E-state index is 0.117. The number of rotatable bonds is 3. The summed E-state index contributed by atoms with van der Waals surface area (Å²) < 4.78 is 1.06. The van der Waals surface area contributed by atoms with Crippen LogP contribution in [0.3, 0.4) is 0 Å². The van der Waals surface area contributed by atoms with E-state index in [1.807, 2.05) is 18.2 Å². The van der Waals surface area contributed by atoms with Crippen molar-refractivity contribution >= 4 is 33.5 Å². The van der Waals surface area contributed by atoms with E-state index in [4.69, 9.17) is 11.6 Å². The molecule has 0 spiro atoms. The van der Waals surface area contributed by atoms with Crippen molar-refractivity contribution in [2.75, 3.05) is 5.32 Å². The number of aromatic nitrogens is 2. The van der Waals surface area contributed by atoms with Gasteiger partial charge in [-0.1, -0.05) is 45.7 Å². The second-order valence-electron chi connectivity index (χ2n) is 3.61. The van der Waals surface area contributed by atoms with Crippen molar-refractivity contribution in [2.24, 2.45) is 0 Å². The molecule has 17 heavy (non-hydrogen) atoms. The number of nitrogens with zero attached hydrogens (tertiary/aromatic N) is 2. The van der Waals surface area contributed by atoms with Crippen molar-refractivity contribution in [3.63, 3.8) is 0 Å². The highest BCUT2D eigenvalue weighted by atomic mass is 79.9. The second-order valence-corrected chi connectivity index (χ2v) is 4.90. The molecule has 2 rings (SSSR count). The zero-order chi connectivity index (χ0) is 12.3. The third-order valence-corrected chi connectivity index (χ3v) is 3.26. The van der Waals surface area contributed by atoms with Gasteiger partial charge in [0.25, 0.3) is 0 Å². The number of hydrogen-bond acceptors (Lipinski definition) is 3. The number of hydrogen-bond donors (Lipinski definition) is 1. The molecule has 1 aromatic carbocycles. The SMILES string of the molecule is C[C@@H](Nc1ncc(Cl)cn1)c1ccccc1Br. The fourth-order valence-electron chi connectivity index (χ4n) is 1.48. The van der Waals surface area contributed by atoms with Crippen LogP contribution in [0.4, 0.5) is 5.95 Å². The molecule has 0 saturated carbocycles. The van der Waals surface area contributed by atoms with Gasteiger partial charge in [-0.05, 0) is 18.6 Å². The van der Waals surface area contributed by atoms with E-state index in [1.165, 1.54) is 0 Å². The van der Waals surface area contributed by atoms with Gasteiger partial charge in [-0.15, -0.1) is 0 Å². The highest BCUT2D eigenvalue weighted by Crippen LogP contribution is 2.24. The summed E-state index contributed by atoms with van der Waals surface area (Å²) in [6.07, 6.45) is 3.15. The monoisotopic (exact) mass is 311 g/mol. The predicted octanol–water partition coefficient (Wildman–Crippen LogP) is 4.07. The van der Waals surface area contributed by atoms with Gasteiger partial charge in [0.1, 0.15) is 0 Å².